The molecule has 1 atom stereocenters. The van der Waals surface area contributed by atoms with Gasteiger partial charge in [-0.15, -0.1) is 0 Å². The van der Waals surface area contributed by atoms with Gasteiger partial charge < -0.3 is 9.84 Å². The molecular weight excluding hydrogens is 212 g/mol. The lowest BCUT2D eigenvalue weighted by Crippen LogP contribution is -2.24. The number of benzene rings is 1. The molecule has 0 amide bonds. The zero-order chi connectivity index (χ0) is 12.3. The highest BCUT2D eigenvalue weighted by atomic mass is 16.5. The summed E-state index contributed by atoms with van der Waals surface area (Å²) >= 11 is 0. The second-order valence-electron chi connectivity index (χ2n) is 5.36. The molecule has 0 aliphatic heterocycles. The first-order chi connectivity index (χ1) is 8.12. The Morgan fingerprint density at radius 1 is 1.35 bits per heavy atom. The van der Waals surface area contributed by atoms with Crippen LogP contribution in [-0.4, -0.2) is 12.2 Å². The van der Waals surface area contributed by atoms with Gasteiger partial charge in [0, 0.05) is 0 Å². The van der Waals surface area contributed by atoms with Crippen molar-refractivity contribution in [3.05, 3.63) is 29.8 Å². The Hall–Kier alpha value is -1.02. The second kappa shape index (κ2) is 5.09. The SMILES string of the molecule is COc1cccc(C(C)(O)CC2CCCC2)c1. The Bertz CT molecular complexity index is 365. The highest BCUT2D eigenvalue weighted by molar-refractivity contribution is 5.32. The van der Waals surface area contributed by atoms with Gasteiger partial charge in [-0.3, -0.25) is 0 Å². The monoisotopic (exact) mass is 234 g/mol. The molecule has 2 nitrogen and oxygen atoms in total. The summed E-state index contributed by atoms with van der Waals surface area (Å²) in [5.74, 6) is 1.49. The maximum absolute atomic E-state index is 10.6. The van der Waals surface area contributed by atoms with Gasteiger partial charge in [-0.25, -0.2) is 0 Å². The van der Waals surface area contributed by atoms with Crippen LogP contribution in [0.5, 0.6) is 5.75 Å². The topological polar surface area (TPSA) is 29.5 Å². The number of hydrogen-bond donors (Lipinski definition) is 1. The van der Waals surface area contributed by atoms with E-state index in [1.165, 1.54) is 25.7 Å². The first-order valence-electron chi connectivity index (χ1n) is 6.49. The van der Waals surface area contributed by atoms with E-state index in [4.69, 9.17) is 4.74 Å². The predicted octanol–water partition coefficient (Wildman–Crippen LogP) is 3.48. The number of hydrogen-bond acceptors (Lipinski definition) is 2. The molecule has 2 rings (SSSR count). The van der Waals surface area contributed by atoms with Gasteiger partial charge in [-0.05, 0) is 37.0 Å². The van der Waals surface area contributed by atoms with Crippen LogP contribution in [0.15, 0.2) is 24.3 Å². The molecule has 1 aliphatic rings. The van der Waals surface area contributed by atoms with Crippen molar-refractivity contribution in [3.8, 4) is 5.75 Å². The minimum Gasteiger partial charge on any atom is -0.497 e. The van der Waals surface area contributed by atoms with Gasteiger partial charge in [0.1, 0.15) is 5.75 Å². The third-order valence-corrected chi connectivity index (χ3v) is 3.85. The van der Waals surface area contributed by atoms with E-state index in [9.17, 15) is 5.11 Å². The molecule has 94 valence electrons. The molecule has 0 heterocycles. The minimum atomic E-state index is -0.733. The summed E-state index contributed by atoms with van der Waals surface area (Å²) in [6.07, 6.45) is 6.03. The van der Waals surface area contributed by atoms with Crippen LogP contribution in [0, 0.1) is 5.92 Å². The Balaban J connectivity index is 2.11. The highest BCUT2D eigenvalue weighted by Gasteiger charge is 2.29. The van der Waals surface area contributed by atoms with E-state index in [-0.39, 0.29) is 0 Å². The average Bonchev–Trinajstić information content (AvgIpc) is 2.81. The van der Waals surface area contributed by atoms with E-state index >= 15 is 0 Å². The van der Waals surface area contributed by atoms with Crippen LogP contribution < -0.4 is 4.74 Å². The summed E-state index contributed by atoms with van der Waals surface area (Å²) in [4.78, 5) is 0. The molecule has 1 saturated carbocycles. The Labute approximate surface area is 104 Å². The summed E-state index contributed by atoms with van der Waals surface area (Å²) in [7, 11) is 1.66. The molecule has 1 N–H and O–H groups in total. The number of aliphatic hydroxyl groups is 1. The molecule has 0 spiro atoms. The average molecular weight is 234 g/mol. The molecule has 0 bridgehead atoms. The van der Waals surface area contributed by atoms with Crippen LogP contribution in [0.1, 0.15) is 44.6 Å². The summed E-state index contributed by atoms with van der Waals surface area (Å²) in [5, 5.41) is 10.6. The quantitative estimate of drug-likeness (QED) is 0.864. The van der Waals surface area contributed by atoms with Crippen LogP contribution in [0.2, 0.25) is 0 Å². The largest absolute Gasteiger partial charge is 0.497 e. The van der Waals surface area contributed by atoms with E-state index < -0.39 is 5.60 Å². The van der Waals surface area contributed by atoms with Crippen molar-refractivity contribution in [2.45, 2.75) is 44.6 Å². The molecule has 1 unspecified atom stereocenters. The predicted molar refractivity (Wildman–Crippen MR) is 69.1 cm³/mol. The lowest BCUT2D eigenvalue weighted by molar-refractivity contribution is 0.0306. The van der Waals surface area contributed by atoms with E-state index in [2.05, 4.69) is 0 Å². The molecular formula is C15H22O2. The number of methoxy groups -OCH3 is 1. The van der Waals surface area contributed by atoms with Crippen molar-refractivity contribution in [2.75, 3.05) is 7.11 Å². The van der Waals surface area contributed by atoms with Crippen LogP contribution in [-0.2, 0) is 5.60 Å². The van der Waals surface area contributed by atoms with E-state index in [0.29, 0.717) is 5.92 Å². The van der Waals surface area contributed by atoms with E-state index in [0.717, 1.165) is 17.7 Å². The summed E-state index contributed by atoms with van der Waals surface area (Å²) in [6, 6.07) is 7.78. The van der Waals surface area contributed by atoms with Gasteiger partial charge in [0.25, 0.3) is 0 Å². The van der Waals surface area contributed by atoms with Gasteiger partial charge in [0.2, 0.25) is 0 Å². The summed E-state index contributed by atoms with van der Waals surface area (Å²) in [6.45, 7) is 1.92. The smallest absolute Gasteiger partial charge is 0.119 e. The van der Waals surface area contributed by atoms with Gasteiger partial charge in [0.05, 0.1) is 12.7 Å². The van der Waals surface area contributed by atoms with E-state index in [1.807, 2.05) is 31.2 Å². The van der Waals surface area contributed by atoms with Crippen LogP contribution >= 0.6 is 0 Å². The zero-order valence-corrected chi connectivity index (χ0v) is 10.8. The molecule has 1 aromatic rings. The highest BCUT2D eigenvalue weighted by Crippen LogP contribution is 2.37. The van der Waals surface area contributed by atoms with Crippen molar-refractivity contribution in [1.82, 2.24) is 0 Å². The lowest BCUT2D eigenvalue weighted by atomic mass is 9.85. The van der Waals surface area contributed by atoms with Crippen molar-refractivity contribution < 1.29 is 9.84 Å². The fourth-order valence-electron chi connectivity index (χ4n) is 2.85. The van der Waals surface area contributed by atoms with Crippen molar-refractivity contribution >= 4 is 0 Å². The molecule has 1 aliphatic carbocycles. The molecule has 1 aromatic carbocycles. The molecule has 0 radical (unpaired) electrons. The third-order valence-electron chi connectivity index (χ3n) is 3.85. The zero-order valence-electron chi connectivity index (χ0n) is 10.8. The summed E-state index contributed by atoms with van der Waals surface area (Å²) < 4.78 is 5.21. The molecule has 17 heavy (non-hydrogen) atoms. The van der Waals surface area contributed by atoms with Crippen molar-refractivity contribution in [3.63, 3.8) is 0 Å². The van der Waals surface area contributed by atoms with Crippen molar-refractivity contribution in [1.29, 1.82) is 0 Å². The standard InChI is InChI=1S/C15H22O2/c1-15(16,11-12-6-3-4-7-12)13-8-5-9-14(10-13)17-2/h5,8-10,12,16H,3-4,6-7,11H2,1-2H3. The minimum absolute atomic E-state index is 0.677. The number of ether oxygens (including phenoxy) is 1. The van der Waals surface area contributed by atoms with Crippen LogP contribution in [0.25, 0.3) is 0 Å². The summed E-state index contributed by atoms with van der Waals surface area (Å²) in [5.41, 5.74) is 0.229. The second-order valence-corrected chi connectivity index (χ2v) is 5.36. The lowest BCUT2D eigenvalue weighted by Gasteiger charge is -2.27. The first-order valence-corrected chi connectivity index (χ1v) is 6.49. The van der Waals surface area contributed by atoms with Gasteiger partial charge in [-0.2, -0.15) is 0 Å². The first kappa shape index (κ1) is 12.4. The van der Waals surface area contributed by atoms with Crippen molar-refractivity contribution in [2.24, 2.45) is 5.92 Å². The maximum Gasteiger partial charge on any atom is 0.119 e. The fraction of sp³-hybridized carbons (Fsp3) is 0.600. The van der Waals surface area contributed by atoms with Gasteiger partial charge >= 0.3 is 0 Å². The molecule has 1 fully saturated rings. The Morgan fingerprint density at radius 3 is 2.71 bits per heavy atom. The molecule has 0 saturated heterocycles. The van der Waals surface area contributed by atoms with Crippen LogP contribution in [0.3, 0.4) is 0 Å². The molecule has 0 aromatic heterocycles. The van der Waals surface area contributed by atoms with Crippen LogP contribution in [0.4, 0.5) is 0 Å². The maximum atomic E-state index is 10.6. The normalized spacial score (nSPS) is 20.2. The molecule has 2 heteroatoms. The Morgan fingerprint density at radius 2 is 2.06 bits per heavy atom. The third kappa shape index (κ3) is 3.01. The van der Waals surface area contributed by atoms with Gasteiger partial charge in [0.15, 0.2) is 0 Å². The van der Waals surface area contributed by atoms with Gasteiger partial charge in [-0.1, -0.05) is 37.8 Å². The Kier molecular flexibility index (Phi) is 3.72. The fourth-order valence-corrected chi connectivity index (χ4v) is 2.85. The van der Waals surface area contributed by atoms with E-state index in [1.54, 1.807) is 7.11 Å². The number of rotatable bonds is 4.